The van der Waals surface area contributed by atoms with Gasteiger partial charge in [0.25, 0.3) is 0 Å². The highest BCUT2D eigenvalue weighted by Gasteiger charge is 2.35. The van der Waals surface area contributed by atoms with Crippen LogP contribution in [0.15, 0.2) is 12.4 Å². The van der Waals surface area contributed by atoms with Gasteiger partial charge < -0.3 is 5.11 Å². The molecular weight excluding hydrogens is 200 g/mol. The fourth-order valence-corrected chi connectivity index (χ4v) is 2.67. The lowest BCUT2D eigenvalue weighted by Crippen LogP contribution is -2.31. The maximum atomic E-state index is 10.3. The van der Waals surface area contributed by atoms with Crippen LogP contribution in [0.2, 0.25) is 0 Å². The van der Waals surface area contributed by atoms with E-state index in [0.717, 1.165) is 31.4 Å². The smallest absolute Gasteiger partial charge is 0.0635 e. The molecule has 1 unspecified atom stereocenters. The van der Waals surface area contributed by atoms with Gasteiger partial charge in [0.05, 0.1) is 12.3 Å². The van der Waals surface area contributed by atoms with Crippen molar-refractivity contribution in [2.75, 3.05) is 0 Å². The highest BCUT2D eigenvalue weighted by Crippen LogP contribution is 2.41. The van der Waals surface area contributed by atoms with E-state index >= 15 is 0 Å². The zero-order chi connectivity index (χ0) is 11.6. The van der Waals surface area contributed by atoms with Crippen molar-refractivity contribution in [3.05, 3.63) is 18.0 Å². The van der Waals surface area contributed by atoms with Gasteiger partial charge in [-0.15, -0.1) is 0 Å². The summed E-state index contributed by atoms with van der Waals surface area (Å²) in [4.78, 5) is 0. The molecule has 1 fully saturated rings. The molecule has 3 nitrogen and oxygen atoms in total. The number of aliphatic hydroxyl groups is 1. The SMILES string of the molecule is CCn1cc(CC(O)C2(C)CCCC2)cn1. The fraction of sp³-hybridized carbons (Fsp3) is 0.769. The van der Waals surface area contributed by atoms with Crippen molar-refractivity contribution in [2.45, 2.75) is 58.6 Å². The van der Waals surface area contributed by atoms with E-state index < -0.39 is 0 Å². The number of rotatable bonds is 4. The third kappa shape index (κ3) is 2.29. The van der Waals surface area contributed by atoms with E-state index in [9.17, 15) is 5.11 Å². The summed E-state index contributed by atoms with van der Waals surface area (Å²) in [6, 6.07) is 0. The van der Waals surface area contributed by atoms with Crippen LogP contribution < -0.4 is 0 Å². The maximum Gasteiger partial charge on any atom is 0.0635 e. The van der Waals surface area contributed by atoms with E-state index in [1.807, 2.05) is 17.1 Å². The molecule has 0 spiro atoms. The van der Waals surface area contributed by atoms with Gasteiger partial charge in [0.15, 0.2) is 0 Å². The Kier molecular flexibility index (Phi) is 3.33. The average Bonchev–Trinajstić information content (AvgIpc) is 2.88. The van der Waals surface area contributed by atoms with E-state index in [4.69, 9.17) is 0 Å². The molecular formula is C13H22N2O. The summed E-state index contributed by atoms with van der Waals surface area (Å²) in [6.07, 6.45) is 9.31. The molecule has 1 aliphatic carbocycles. The number of aliphatic hydroxyl groups excluding tert-OH is 1. The summed E-state index contributed by atoms with van der Waals surface area (Å²) in [6.45, 7) is 5.19. The predicted octanol–water partition coefficient (Wildman–Crippen LogP) is 2.39. The van der Waals surface area contributed by atoms with Crippen LogP contribution in [0.4, 0.5) is 0 Å². The molecule has 0 saturated heterocycles. The van der Waals surface area contributed by atoms with Gasteiger partial charge in [-0.25, -0.2) is 0 Å². The molecule has 3 heteroatoms. The number of aromatic nitrogens is 2. The quantitative estimate of drug-likeness (QED) is 0.849. The largest absolute Gasteiger partial charge is 0.392 e. The van der Waals surface area contributed by atoms with Crippen molar-refractivity contribution in [3.63, 3.8) is 0 Å². The third-order valence-corrected chi connectivity index (χ3v) is 3.99. The minimum absolute atomic E-state index is 0.133. The monoisotopic (exact) mass is 222 g/mol. The standard InChI is InChI=1S/C13H22N2O/c1-3-15-10-11(9-14-15)8-12(16)13(2)6-4-5-7-13/h9-10,12,16H,3-8H2,1-2H3. The minimum atomic E-state index is -0.218. The zero-order valence-corrected chi connectivity index (χ0v) is 10.3. The van der Waals surface area contributed by atoms with Gasteiger partial charge in [0.1, 0.15) is 0 Å². The third-order valence-electron chi connectivity index (χ3n) is 3.99. The minimum Gasteiger partial charge on any atom is -0.392 e. The Hall–Kier alpha value is -0.830. The molecule has 2 rings (SSSR count). The molecule has 0 amide bonds. The Morgan fingerprint density at radius 1 is 1.50 bits per heavy atom. The molecule has 0 aromatic carbocycles. The van der Waals surface area contributed by atoms with E-state index in [-0.39, 0.29) is 11.5 Å². The second-order valence-corrected chi connectivity index (χ2v) is 5.29. The average molecular weight is 222 g/mol. The lowest BCUT2D eigenvalue weighted by Gasteiger charge is -2.29. The zero-order valence-electron chi connectivity index (χ0n) is 10.3. The van der Waals surface area contributed by atoms with E-state index in [1.54, 1.807) is 0 Å². The van der Waals surface area contributed by atoms with Gasteiger partial charge in [-0.2, -0.15) is 5.10 Å². The molecule has 1 aliphatic rings. The summed E-state index contributed by atoms with van der Waals surface area (Å²) < 4.78 is 1.92. The van der Waals surface area contributed by atoms with Crippen LogP contribution in [-0.4, -0.2) is 21.0 Å². The van der Waals surface area contributed by atoms with Crippen molar-refractivity contribution < 1.29 is 5.11 Å². The van der Waals surface area contributed by atoms with Crippen LogP contribution in [0.1, 0.15) is 45.1 Å². The Bertz CT molecular complexity index is 339. The number of hydrogen-bond donors (Lipinski definition) is 1. The van der Waals surface area contributed by atoms with Gasteiger partial charge in [-0.3, -0.25) is 4.68 Å². The van der Waals surface area contributed by atoms with Crippen LogP contribution >= 0.6 is 0 Å². The number of hydrogen-bond acceptors (Lipinski definition) is 2. The van der Waals surface area contributed by atoms with E-state index in [2.05, 4.69) is 18.9 Å². The van der Waals surface area contributed by atoms with Crippen molar-refractivity contribution >= 4 is 0 Å². The first kappa shape index (κ1) is 11.6. The maximum absolute atomic E-state index is 10.3. The highest BCUT2D eigenvalue weighted by molar-refractivity contribution is 5.07. The summed E-state index contributed by atoms with van der Waals surface area (Å²) in [5, 5.41) is 14.5. The highest BCUT2D eigenvalue weighted by atomic mass is 16.3. The first-order valence-corrected chi connectivity index (χ1v) is 6.33. The molecule has 1 N–H and O–H groups in total. The van der Waals surface area contributed by atoms with Crippen LogP contribution in [0.5, 0.6) is 0 Å². The molecule has 0 bridgehead atoms. The second kappa shape index (κ2) is 4.58. The summed E-state index contributed by atoms with van der Waals surface area (Å²) >= 11 is 0. The molecule has 16 heavy (non-hydrogen) atoms. The van der Waals surface area contributed by atoms with Gasteiger partial charge in [0, 0.05) is 19.2 Å². The lowest BCUT2D eigenvalue weighted by atomic mass is 9.80. The van der Waals surface area contributed by atoms with Crippen LogP contribution in [-0.2, 0) is 13.0 Å². The van der Waals surface area contributed by atoms with Crippen LogP contribution in [0, 0.1) is 5.41 Å². The molecule has 0 radical (unpaired) electrons. The van der Waals surface area contributed by atoms with Gasteiger partial charge in [0.2, 0.25) is 0 Å². The van der Waals surface area contributed by atoms with Crippen molar-refractivity contribution in [3.8, 4) is 0 Å². The second-order valence-electron chi connectivity index (χ2n) is 5.29. The van der Waals surface area contributed by atoms with Gasteiger partial charge in [-0.1, -0.05) is 19.8 Å². The predicted molar refractivity (Wildman–Crippen MR) is 64.2 cm³/mol. The van der Waals surface area contributed by atoms with Crippen LogP contribution in [0.25, 0.3) is 0 Å². The number of nitrogens with zero attached hydrogens (tertiary/aromatic N) is 2. The van der Waals surface area contributed by atoms with Crippen molar-refractivity contribution in [1.29, 1.82) is 0 Å². The Morgan fingerprint density at radius 3 is 2.75 bits per heavy atom. The normalized spacial score (nSPS) is 21.2. The molecule has 1 saturated carbocycles. The molecule has 1 aromatic rings. The molecule has 1 aromatic heterocycles. The van der Waals surface area contributed by atoms with Gasteiger partial charge >= 0.3 is 0 Å². The molecule has 1 atom stereocenters. The topological polar surface area (TPSA) is 38.0 Å². The molecule has 1 heterocycles. The first-order chi connectivity index (χ1) is 7.64. The fourth-order valence-electron chi connectivity index (χ4n) is 2.67. The van der Waals surface area contributed by atoms with Crippen molar-refractivity contribution in [2.24, 2.45) is 5.41 Å². The number of aryl methyl sites for hydroxylation is 1. The van der Waals surface area contributed by atoms with Crippen LogP contribution in [0.3, 0.4) is 0 Å². The first-order valence-electron chi connectivity index (χ1n) is 6.33. The van der Waals surface area contributed by atoms with Crippen molar-refractivity contribution in [1.82, 2.24) is 9.78 Å². The summed E-state index contributed by atoms with van der Waals surface area (Å²) in [5.74, 6) is 0. The van der Waals surface area contributed by atoms with E-state index in [0.29, 0.717) is 0 Å². The Labute approximate surface area is 97.5 Å². The summed E-state index contributed by atoms with van der Waals surface area (Å²) in [7, 11) is 0. The molecule has 0 aliphatic heterocycles. The lowest BCUT2D eigenvalue weighted by molar-refractivity contribution is 0.0423. The Morgan fingerprint density at radius 2 is 2.19 bits per heavy atom. The Balaban J connectivity index is 1.98. The van der Waals surface area contributed by atoms with Gasteiger partial charge in [-0.05, 0) is 30.7 Å². The molecule has 90 valence electrons. The van der Waals surface area contributed by atoms with E-state index in [1.165, 1.54) is 12.8 Å². The summed E-state index contributed by atoms with van der Waals surface area (Å²) in [5.41, 5.74) is 1.29.